The summed E-state index contributed by atoms with van der Waals surface area (Å²) in [6.45, 7) is 3.23. The third kappa shape index (κ3) is 2.00. The van der Waals surface area contributed by atoms with Gasteiger partial charge in [-0.3, -0.25) is 4.79 Å². The molecule has 0 aromatic heterocycles. The number of likely N-dealkylation sites (tertiary alicyclic amines) is 1. The molecule has 2 aliphatic rings. The molecule has 0 radical (unpaired) electrons. The lowest BCUT2D eigenvalue weighted by Crippen LogP contribution is -2.45. The fraction of sp³-hybridized carbons (Fsp3) is 0.889. The number of nitrogens with zero attached hydrogens (tertiary/aromatic N) is 1. The molecular formula is C9H16N2O2. The maximum Gasteiger partial charge on any atom is 0.223 e. The van der Waals surface area contributed by atoms with Gasteiger partial charge in [-0.2, -0.15) is 0 Å². The van der Waals surface area contributed by atoms with Gasteiger partial charge in [-0.25, -0.2) is 0 Å². The van der Waals surface area contributed by atoms with Crippen molar-refractivity contribution in [3.63, 3.8) is 0 Å². The quantitative estimate of drug-likeness (QED) is 0.590. The van der Waals surface area contributed by atoms with Crippen molar-refractivity contribution >= 4 is 5.91 Å². The highest BCUT2D eigenvalue weighted by Crippen LogP contribution is 2.15. The van der Waals surface area contributed by atoms with E-state index < -0.39 is 0 Å². The first-order chi connectivity index (χ1) is 6.25. The molecule has 1 atom stereocenters. The fourth-order valence-corrected chi connectivity index (χ4v) is 1.84. The number of rotatable bonds is 2. The van der Waals surface area contributed by atoms with Crippen molar-refractivity contribution < 1.29 is 9.90 Å². The molecule has 13 heavy (non-hydrogen) atoms. The van der Waals surface area contributed by atoms with E-state index in [4.69, 9.17) is 0 Å². The molecule has 2 aliphatic heterocycles. The summed E-state index contributed by atoms with van der Waals surface area (Å²) in [6, 6.07) is 0. The lowest BCUT2D eigenvalue weighted by atomic mass is 9.99. The highest BCUT2D eigenvalue weighted by Gasteiger charge is 2.27. The summed E-state index contributed by atoms with van der Waals surface area (Å²) >= 11 is 0. The van der Waals surface area contributed by atoms with E-state index in [1.807, 2.05) is 0 Å². The predicted molar refractivity (Wildman–Crippen MR) is 48.2 cm³/mol. The first-order valence-electron chi connectivity index (χ1n) is 4.92. The van der Waals surface area contributed by atoms with Crippen molar-refractivity contribution in [2.24, 2.45) is 5.92 Å². The van der Waals surface area contributed by atoms with Crippen molar-refractivity contribution in [2.75, 3.05) is 26.2 Å². The van der Waals surface area contributed by atoms with Crippen LogP contribution in [0.5, 0.6) is 0 Å². The van der Waals surface area contributed by atoms with Gasteiger partial charge in [-0.05, 0) is 25.4 Å². The van der Waals surface area contributed by atoms with E-state index >= 15 is 0 Å². The molecule has 2 N–H and O–H groups in total. The number of aliphatic hydroxyl groups is 1. The van der Waals surface area contributed by atoms with Gasteiger partial charge in [-0.1, -0.05) is 0 Å². The average Bonchev–Trinajstić information content (AvgIpc) is 2.44. The second kappa shape index (κ2) is 3.64. The van der Waals surface area contributed by atoms with Crippen LogP contribution in [0, 0.1) is 5.92 Å². The minimum absolute atomic E-state index is 0.211. The van der Waals surface area contributed by atoms with Crippen LogP contribution in [0.1, 0.15) is 12.8 Å². The molecule has 1 amide bonds. The average molecular weight is 184 g/mol. The van der Waals surface area contributed by atoms with Gasteiger partial charge in [0.05, 0.1) is 6.10 Å². The van der Waals surface area contributed by atoms with Crippen LogP contribution in [0.15, 0.2) is 0 Å². The first-order valence-corrected chi connectivity index (χ1v) is 4.92. The van der Waals surface area contributed by atoms with Gasteiger partial charge in [0, 0.05) is 19.5 Å². The second-order valence-corrected chi connectivity index (χ2v) is 4.01. The van der Waals surface area contributed by atoms with Gasteiger partial charge in [0.15, 0.2) is 0 Å². The van der Waals surface area contributed by atoms with E-state index in [1.165, 1.54) is 0 Å². The monoisotopic (exact) mass is 184 g/mol. The van der Waals surface area contributed by atoms with Crippen molar-refractivity contribution in [3.05, 3.63) is 0 Å². The van der Waals surface area contributed by atoms with Crippen molar-refractivity contribution in [1.29, 1.82) is 0 Å². The highest BCUT2D eigenvalue weighted by atomic mass is 16.3. The number of carbonyl (C=O) groups is 1. The number of carbonyl (C=O) groups excluding carboxylic acids is 1. The first kappa shape index (κ1) is 8.97. The molecule has 2 fully saturated rings. The standard InChI is InChI=1S/C9H16N2O2/c12-8-1-2-11(6-8)9(13)3-7-4-10-5-7/h7-8,10,12H,1-6H2/t8-/m1/s1. The Labute approximate surface area is 77.9 Å². The third-order valence-corrected chi connectivity index (χ3v) is 2.85. The molecule has 0 aliphatic carbocycles. The van der Waals surface area contributed by atoms with Crippen molar-refractivity contribution in [1.82, 2.24) is 10.2 Å². The van der Waals surface area contributed by atoms with Gasteiger partial charge in [0.2, 0.25) is 5.91 Å². The van der Waals surface area contributed by atoms with E-state index in [0.717, 1.165) is 26.1 Å². The summed E-state index contributed by atoms with van der Waals surface area (Å²) in [7, 11) is 0. The lowest BCUT2D eigenvalue weighted by Gasteiger charge is -2.28. The molecule has 0 spiro atoms. The van der Waals surface area contributed by atoms with Crippen LogP contribution in [0.2, 0.25) is 0 Å². The summed E-state index contributed by atoms with van der Waals surface area (Å²) in [5, 5.41) is 12.4. The highest BCUT2D eigenvalue weighted by molar-refractivity contribution is 5.76. The number of aliphatic hydroxyl groups excluding tert-OH is 1. The van der Waals surface area contributed by atoms with Crippen LogP contribution in [-0.2, 0) is 4.79 Å². The molecular weight excluding hydrogens is 168 g/mol. The van der Waals surface area contributed by atoms with Crippen molar-refractivity contribution in [3.8, 4) is 0 Å². The minimum atomic E-state index is -0.288. The van der Waals surface area contributed by atoms with Crippen LogP contribution in [0.25, 0.3) is 0 Å². The predicted octanol–water partition coefficient (Wildman–Crippen LogP) is -0.811. The van der Waals surface area contributed by atoms with Gasteiger partial charge in [0.1, 0.15) is 0 Å². The zero-order valence-electron chi connectivity index (χ0n) is 7.70. The number of amides is 1. The normalized spacial score (nSPS) is 29.0. The molecule has 4 heteroatoms. The van der Waals surface area contributed by atoms with E-state index in [-0.39, 0.29) is 12.0 Å². The second-order valence-electron chi connectivity index (χ2n) is 4.01. The largest absolute Gasteiger partial charge is 0.391 e. The van der Waals surface area contributed by atoms with Gasteiger partial charge in [-0.15, -0.1) is 0 Å². The summed E-state index contributed by atoms with van der Waals surface area (Å²) < 4.78 is 0. The molecule has 2 heterocycles. The number of β-amino-alcohol motifs (C(OH)–C–C–N with tert-alkyl or cyclic N) is 1. The van der Waals surface area contributed by atoms with Crippen molar-refractivity contribution in [2.45, 2.75) is 18.9 Å². The Morgan fingerprint density at radius 1 is 1.54 bits per heavy atom. The Hall–Kier alpha value is -0.610. The topological polar surface area (TPSA) is 52.6 Å². The number of hydrogen-bond donors (Lipinski definition) is 2. The fourth-order valence-electron chi connectivity index (χ4n) is 1.84. The molecule has 2 saturated heterocycles. The number of nitrogens with one attached hydrogen (secondary N) is 1. The molecule has 0 saturated carbocycles. The Kier molecular flexibility index (Phi) is 2.51. The maximum atomic E-state index is 11.6. The molecule has 0 aromatic carbocycles. The van der Waals surface area contributed by atoms with Gasteiger partial charge >= 0.3 is 0 Å². The summed E-state index contributed by atoms with van der Waals surface area (Å²) in [5.74, 6) is 0.744. The van der Waals surface area contributed by atoms with E-state index in [2.05, 4.69) is 5.32 Å². The van der Waals surface area contributed by atoms with Crippen LogP contribution in [0.3, 0.4) is 0 Å². The smallest absolute Gasteiger partial charge is 0.223 e. The van der Waals surface area contributed by atoms with E-state index in [0.29, 0.717) is 18.9 Å². The SMILES string of the molecule is O=C(CC1CNC1)N1CC[C@@H](O)C1. The molecule has 74 valence electrons. The van der Waals surface area contributed by atoms with Crippen LogP contribution >= 0.6 is 0 Å². The van der Waals surface area contributed by atoms with Gasteiger partial charge < -0.3 is 15.3 Å². The molecule has 0 bridgehead atoms. The summed E-state index contributed by atoms with van der Waals surface area (Å²) in [5.41, 5.74) is 0. The van der Waals surface area contributed by atoms with Crippen LogP contribution < -0.4 is 5.32 Å². The molecule has 0 unspecified atom stereocenters. The zero-order chi connectivity index (χ0) is 9.26. The number of hydrogen-bond acceptors (Lipinski definition) is 3. The maximum absolute atomic E-state index is 11.6. The molecule has 4 nitrogen and oxygen atoms in total. The van der Waals surface area contributed by atoms with Crippen LogP contribution in [-0.4, -0.2) is 48.2 Å². The lowest BCUT2D eigenvalue weighted by molar-refractivity contribution is -0.131. The van der Waals surface area contributed by atoms with Gasteiger partial charge in [0.25, 0.3) is 0 Å². The third-order valence-electron chi connectivity index (χ3n) is 2.85. The molecule has 0 aromatic rings. The minimum Gasteiger partial charge on any atom is -0.391 e. The Bertz CT molecular complexity index is 204. The summed E-state index contributed by atoms with van der Waals surface area (Å²) in [4.78, 5) is 13.4. The molecule has 2 rings (SSSR count). The Morgan fingerprint density at radius 2 is 2.31 bits per heavy atom. The van der Waals surface area contributed by atoms with E-state index in [9.17, 15) is 9.90 Å². The Balaban J connectivity index is 1.76. The Morgan fingerprint density at radius 3 is 2.77 bits per heavy atom. The summed E-state index contributed by atoms with van der Waals surface area (Å²) in [6.07, 6.45) is 1.11. The zero-order valence-corrected chi connectivity index (χ0v) is 7.70. The van der Waals surface area contributed by atoms with E-state index in [1.54, 1.807) is 4.90 Å². The van der Waals surface area contributed by atoms with Crippen LogP contribution in [0.4, 0.5) is 0 Å².